The van der Waals surface area contributed by atoms with E-state index in [0.29, 0.717) is 24.1 Å². The Kier molecular flexibility index (Phi) is 4.29. The number of rotatable bonds is 4. The van der Waals surface area contributed by atoms with Crippen molar-refractivity contribution in [2.24, 2.45) is 11.8 Å². The Bertz CT molecular complexity index is 710. The fourth-order valence-corrected chi connectivity index (χ4v) is 3.16. The topological polar surface area (TPSA) is 83.6 Å². The van der Waals surface area contributed by atoms with Crippen LogP contribution >= 0.6 is 0 Å². The number of carbonyl (C=O) groups excluding carboxylic acids is 4. The summed E-state index contributed by atoms with van der Waals surface area (Å²) in [7, 11) is 0. The number of nitrogens with zero attached hydrogens (tertiary/aromatic N) is 1. The Balaban J connectivity index is 1.63. The number of hydrogen-bond acceptors (Lipinski definition) is 4. The van der Waals surface area contributed by atoms with Gasteiger partial charge in [-0.05, 0) is 44.0 Å². The van der Waals surface area contributed by atoms with Gasteiger partial charge in [0.05, 0.1) is 11.8 Å². The minimum Gasteiger partial charge on any atom is -0.325 e. The van der Waals surface area contributed by atoms with Gasteiger partial charge in [-0.15, -0.1) is 0 Å². The Morgan fingerprint density at radius 1 is 1.04 bits per heavy atom. The molecule has 1 aliphatic carbocycles. The van der Waals surface area contributed by atoms with E-state index in [1.165, 1.54) is 6.92 Å². The number of imide groups is 1. The predicted molar refractivity (Wildman–Crippen MR) is 87.2 cm³/mol. The van der Waals surface area contributed by atoms with E-state index in [-0.39, 0.29) is 36.0 Å². The van der Waals surface area contributed by atoms with Gasteiger partial charge in [0.2, 0.25) is 17.7 Å². The molecule has 1 fully saturated rings. The summed E-state index contributed by atoms with van der Waals surface area (Å²) < 4.78 is 0. The molecule has 3 amide bonds. The van der Waals surface area contributed by atoms with E-state index in [1.54, 1.807) is 24.3 Å². The maximum absolute atomic E-state index is 12.3. The fourth-order valence-electron chi connectivity index (χ4n) is 3.16. The molecule has 24 heavy (non-hydrogen) atoms. The summed E-state index contributed by atoms with van der Waals surface area (Å²) in [6.07, 6.45) is 4.93. The SMILES string of the molecule is CC(=O)c1ccc(NC(=O)CN2C(=O)[C@H]3CC=CC[C@@H]3C2=O)cc1. The Morgan fingerprint density at radius 2 is 1.58 bits per heavy atom. The smallest absolute Gasteiger partial charge is 0.244 e. The van der Waals surface area contributed by atoms with Crippen molar-refractivity contribution in [3.63, 3.8) is 0 Å². The van der Waals surface area contributed by atoms with Gasteiger partial charge in [-0.25, -0.2) is 0 Å². The number of likely N-dealkylation sites (tertiary alicyclic amines) is 1. The summed E-state index contributed by atoms with van der Waals surface area (Å²) in [6.45, 7) is 1.19. The minimum atomic E-state index is -0.432. The molecule has 3 rings (SSSR count). The standard InChI is InChI=1S/C18H18N2O4/c1-11(21)12-6-8-13(9-7-12)19-16(22)10-20-17(23)14-4-2-3-5-15(14)18(20)24/h2-3,6-9,14-15H,4-5,10H2,1H3,(H,19,22)/t14-,15-/m0/s1. The highest BCUT2D eigenvalue weighted by molar-refractivity contribution is 6.08. The van der Waals surface area contributed by atoms with E-state index in [0.717, 1.165) is 4.90 Å². The lowest BCUT2D eigenvalue weighted by molar-refractivity contribution is -0.142. The van der Waals surface area contributed by atoms with Crippen LogP contribution in [0.5, 0.6) is 0 Å². The van der Waals surface area contributed by atoms with Crippen LogP contribution in [0.25, 0.3) is 0 Å². The number of hydrogen-bond donors (Lipinski definition) is 1. The summed E-state index contributed by atoms with van der Waals surface area (Å²) in [5.74, 6) is -1.68. The second-order valence-corrected chi connectivity index (χ2v) is 6.10. The van der Waals surface area contributed by atoms with Crippen LogP contribution in [0, 0.1) is 11.8 Å². The van der Waals surface area contributed by atoms with Gasteiger partial charge in [0.15, 0.2) is 5.78 Å². The molecule has 1 aliphatic heterocycles. The van der Waals surface area contributed by atoms with Gasteiger partial charge in [0.1, 0.15) is 6.54 Å². The first-order valence-corrected chi connectivity index (χ1v) is 7.88. The van der Waals surface area contributed by atoms with Crippen molar-refractivity contribution in [2.75, 3.05) is 11.9 Å². The molecule has 6 nitrogen and oxygen atoms in total. The summed E-state index contributed by atoms with van der Waals surface area (Å²) in [5.41, 5.74) is 1.07. The highest BCUT2D eigenvalue weighted by Gasteiger charge is 2.47. The van der Waals surface area contributed by atoms with Gasteiger partial charge in [0.25, 0.3) is 0 Å². The van der Waals surface area contributed by atoms with Crippen molar-refractivity contribution in [3.8, 4) is 0 Å². The molecule has 124 valence electrons. The summed E-state index contributed by atoms with van der Waals surface area (Å²) in [4.78, 5) is 49.1. The van der Waals surface area contributed by atoms with E-state index >= 15 is 0 Å². The molecule has 0 radical (unpaired) electrons. The number of ketones is 1. The minimum absolute atomic E-state index is 0.0580. The monoisotopic (exact) mass is 326 g/mol. The lowest BCUT2D eigenvalue weighted by Gasteiger charge is -2.14. The largest absolute Gasteiger partial charge is 0.325 e. The summed E-state index contributed by atoms with van der Waals surface area (Å²) in [5, 5.41) is 2.65. The number of Topliss-reactive ketones (excluding diaryl/α,β-unsaturated/α-hetero) is 1. The molecular weight excluding hydrogens is 308 g/mol. The van der Waals surface area contributed by atoms with Crippen LogP contribution in [0.15, 0.2) is 36.4 Å². The zero-order valence-corrected chi connectivity index (χ0v) is 13.3. The Labute approximate surface area is 139 Å². The molecule has 0 saturated carbocycles. The maximum Gasteiger partial charge on any atom is 0.244 e. The number of benzene rings is 1. The van der Waals surface area contributed by atoms with Crippen molar-refractivity contribution in [2.45, 2.75) is 19.8 Å². The van der Waals surface area contributed by atoms with Gasteiger partial charge in [-0.3, -0.25) is 24.1 Å². The molecule has 2 aliphatic rings. The second kappa shape index (κ2) is 6.39. The molecule has 1 heterocycles. The molecule has 0 spiro atoms. The zero-order valence-electron chi connectivity index (χ0n) is 13.3. The number of amides is 3. The average Bonchev–Trinajstić information content (AvgIpc) is 2.81. The lowest BCUT2D eigenvalue weighted by Crippen LogP contribution is -2.38. The van der Waals surface area contributed by atoms with Crippen LogP contribution in [0.1, 0.15) is 30.1 Å². The van der Waals surface area contributed by atoms with Crippen molar-refractivity contribution in [1.82, 2.24) is 4.90 Å². The molecule has 0 unspecified atom stereocenters. The number of carbonyl (C=O) groups is 4. The Hall–Kier alpha value is -2.76. The van der Waals surface area contributed by atoms with Crippen LogP contribution in [-0.2, 0) is 14.4 Å². The molecule has 1 saturated heterocycles. The molecule has 6 heteroatoms. The van der Waals surface area contributed by atoms with Crippen molar-refractivity contribution < 1.29 is 19.2 Å². The number of fused-ring (bicyclic) bond motifs is 1. The molecule has 0 bridgehead atoms. The third-order valence-electron chi connectivity index (χ3n) is 4.48. The normalized spacial score (nSPS) is 22.5. The summed E-state index contributed by atoms with van der Waals surface area (Å²) >= 11 is 0. The third kappa shape index (κ3) is 2.99. The van der Waals surface area contributed by atoms with E-state index < -0.39 is 5.91 Å². The first kappa shape index (κ1) is 16.1. The van der Waals surface area contributed by atoms with Crippen molar-refractivity contribution in [3.05, 3.63) is 42.0 Å². The van der Waals surface area contributed by atoms with Gasteiger partial charge >= 0.3 is 0 Å². The number of allylic oxidation sites excluding steroid dienone is 2. The fraction of sp³-hybridized carbons (Fsp3) is 0.333. The second-order valence-electron chi connectivity index (χ2n) is 6.10. The molecule has 1 aromatic rings. The van der Waals surface area contributed by atoms with Crippen molar-refractivity contribution in [1.29, 1.82) is 0 Å². The van der Waals surface area contributed by atoms with E-state index in [2.05, 4.69) is 5.32 Å². The summed E-state index contributed by atoms with van der Waals surface area (Å²) in [6, 6.07) is 6.46. The van der Waals surface area contributed by atoms with Crippen molar-refractivity contribution >= 4 is 29.2 Å². The highest BCUT2D eigenvalue weighted by atomic mass is 16.2. The molecule has 2 atom stereocenters. The zero-order chi connectivity index (χ0) is 17.3. The number of nitrogens with one attached hydrogen (secondary N) is 1. The van der Waals surface area contributed by atoms with E-state index in [9.17, 15) is 19.2 Å². The van der Waals surface area contributed by atoms with Gasteiger partial charge < -0.3 is 5.32 Å². The third-order valence-corrected chi connectivity index (χ3v) is 4.48. The Morgan fingerprint density at radius 3 is 2.08 bits per heavy atom. The van der Waals surface area contributed by atoms with E-state index in [1.807, 2.05) is 12.2 Å². The molecule has 1 N–H and O–H groups in total. The van der Waals surface area contributed by atoms with E-state index in [4.69, 9.17) is 0 Å². The van der Waals surface area contributed by atoms with Crippen LogP contribution in [0.3, 0.4) is 0 Å². The highest BCUT2D eigenvalue weighted by Crippen LogP contribution is 2.34. The molecule has 1 aromatic carbocycles. The molecular formula is C18H18N2O4. The van der Waals surface area contributed by atoms with Gasteiger partial charge in [-0.2, -0.15) is 0 Å². The van der Waals surface area contributed by atoms with Crippen LogP contribution in [-0.4, -0.2) is 34.9 Å². The molecule has 0 aromatic heterocycles. The van der Waals surface area contributed by atoms with Crippen LogP contribution in [0.2, 0.25) is 0 Å². The predicted octanol–water partition coefficient (Wildman–Crippen LogP) is 1.78. The quantitative estimate of drug-likeness (QED) is 0.519. The van der Waals surface area contributed by atoms with Crippen LogP contribution < -0.4 is 5.32 Å². The maximum atomic E-state index is 12.3. The average molecular weight is 326 g/mol. The van der Waals surface area contributed by atoms with Gasteiger partial charge in [-0.1, -0.05) is 12.2 Å². The number of anilines is 1. The lowest BCUT2D eigenvalue weighted by atomic mass is 9.85. The first-order valence-electron chi connectivity index (χ1n) is 7.88. The van der Waals surface area contributed by atoms with Gasteiger partial charge in [0, 0.05) is 11.3 Å². The first-order chi connectivity index (χ1) is 11.5. The van der Waals surface area contributed by atoms with Crippen LogP contribution in [0.4, 0.5) is 5.69 Å².